The first-order chi connectivity index (χ1) is 7.79. The zero-order chi connectivity index (χ0) is 11.1. The first kappa shape index (κ1) is 8.93. The fraction of sp³-hybridized carbons (Fsp3) is 0.0769. The molecule has 3 nitrogen and oxygen atoms in total. The van der Waals surface area contributed by atoms with Gasteiger partial charge in [0.2, 0.25) is 5.39 Å². The van der Waals surface area contributed by atoms with Crippen molar-refractivity contribution >= 4 is 27.6 Å². The maximum Gasteiger partial charge on any atom is 0.391 e. The fourth-order valence-electron chi connectivity index (χ4n) is 1.98. The minimum Gasteiger partial charge on any atom is -0.456 e. The maximum absolute atomic E-state index is 8.84. The molecule has 3 heteroatoms. The van der Waals surface area contributed by atoms with Gasteiger partial charge in [0.25, 0.3) is 0 Å². The quantitative estimate of drug-likeness (QED) is 0.515. The number of diazo groups is 1. The van der Waals surface area contributed by atoms with E-state index in [4.69, 9.17) is 9.81 Å². The van der Waals surface area contributed by atoms with Crippen LogP contribution < -0.4 is 0 Å². The largest absolute Gasteiger partial charge is 0.456 e. The minimum atomic E-state index is 0.548. The molecule has 0 saturated heterocycles. The number of furan rings is 1. The molecule has 0 aliphatic heterocycles. The Morgan fingerprint density at radius 3 is 2.69 bits per heavy atom. The van der Waals surface area contributed by atoms with Crippen LogP contribution in [0, 0.1) is 12.3 Å². The van der Waals surface area contributed by atoms with Crippen molar-refractivity contribution < 1.29 is 4.42 Å². The van der Waals surface area contributed by atoms with Gasteiger partial charge in [-0.05, 0) is 19.1 Å². The van der Waals surface area contributed by atoms with Crippen LogP contribution in [-0.4, -0.2) is 0 Å². The van der Waals surface area contributed by atoms with E-state index in [-0.39, 0.29) is 0 Å². The molecule has 2 aromatic carbocycles. The van der Waals surface area contributed by atoms with Crippen molar-refractivity contribution in [3.63, 3.8) is 0 Å². The first-order valence-electron chi connectivity index (χ1n) is 5.06. The monoisotopic (exact) mass is 209 g/mol. The summed E-state index contributed by atoms with van der Waals surface area (Å²) in [5, 5.41) is 11.0. The van der Waals surface area contributed by atoms with Gasteiger partial charge in [-0.25, -0.2) is 0 Å². The Hall–Kier alpha value is -2.34. The van der Waals surface area contributed by atoms with Crippen LogP contribution in [0.1, 0.15) is 5.56 Å². The Morgan fingerprint density at radius 1 is 1.06 bits per heavy atom. The first-order valence-corrected chi connectivity index (χ1v) is 5.06. The summed E-state index contributed by atoms with van der Waals surface area (Å²) in [5.74, 6) is 0. The molecular weight excluding hydrogens is 200 g/mol. The summed E-state index contributed by atoms with van der Waals surface area (Å²) in [6.07, 6.45) is 0. The fourth-order valence-corrected chi connectivity index (χ4v) is 1.98. The predicted octanol–water partition coefficient (Wildman–Crippen LogP) is 4.38. The third kappa shape index (κ3) is 1.10. The van der Waals surface area contributed by atoms with Gasteiger partial charge in [-0.1, -0.05) is 18.2 Å². The zero-order valence-corrected chi connectivity index (χ0v) is 8.77. The summed E-state index contributed by atoms with van der Waals surface area (Å²) in [5.41, 5.74) is 3.08. The standard InChI is InChI=1S/C13H9N2O/c1-8-6-10-9-4-2-3-5-12(9)16-13(10)7-11(8)15-14/h2-7H,1H3/q+1. The molecule has 0 bridgehead atoms. The molecule has 0 spiro atoms. The molecule has 0 aliphatic carbocycles. The molecule has 0 radical (unpaired) electrons. The number of benzene rings is 2. The van der Waals surface area contributed by atoms with Gasteiger partial charge in [0, 0.05) is 16.3 Å². The number of fused-ring (bicyclic) bond motifs is 3. The zero-order valence-electron chi connectivity index (χ0n) is 8.77. The molecule has 0 N–H and O–H groups in total. The number of rotatable bonds is 0. The van der Waals surface area contributed by atoms with E-state index in [0.29, 0.717) is 5.69 Å². The molecule has 0 unspecified atom stereocenters. The van der Waals surface area contributed by atoms with Gasteiger partial charge in [-0.3, -0.25) is 0 Å². The number of para-hydroxylation sites is 1. The highest BCUT2D eigenvalue weighted by Crippen LogP contribution is 2.33. The summed E-state index contributed by atoms with van der Waals surface area (Å²) < 4.78 is 5.68. The summed E-state index contributed by atoms with van der Waals surface area (Å²) in [6, 6.07) is 11.6. The highest BCUT2D eigenvalue weighted by Gasteiger charge is 2.15. The van der Waals surface area contributed by atoms with E-state index >= 15 is 0 Å². The molecule has 0 atom stereocenters. The van der Waals surface area contributed by atoms with Gasteiger partial charge in [-0.2, -0.15) is 0 Å². The summed E-state index contributed by atoms with van der Waals surface area (Å²) >= 11 is 0. The number of nitrogens with zero attached hydrogens (tertiary/aromatic N) is 2. The lowest BCUT2D eigenvalue weighted by Crippen LogP contribution is -1.72. The Bertz CT molecular complexity index is 735. The topological polar surface area (TPSA) is 41.3 Å². The molecule has 0 aliphatic rings. The maximum atomic E-state index is 8.84. The predicted molar refractivity (Wildman–Crippen MR) is 63.2 cm³/mol. The Morgan fingerprint density at radius 2 is 1.88 bits per heavy atom. The summed E-state index contributed by atoms with van der Waals surface area (Å²) in [6.45, 7) is 1.91. The van der Waals surface area contributed by atoms with Gasteiger partial charge in [0.1, 0.15) is 11.2 Å². The van der Waals surface area contributed by atoms with E-state index in [1.165, 1.54) is 0 Å². The van der Waals surface area contributed by atoms with Crippen LogP contribution in [0.15, 0.2) is 40.8 Å². The molecule has 1 heterocycles. The molecule has 0 amide bonds. The SMILES string of the molecule is Cc1cc2c(cc1[N+]#N)oc1ccccc12. The van der Waals surface area contributed by atoms with Gasteiger partial charge < -0.3 is 4.42 Å². The van der Waals surface area contributed by atoms with Crippen molar-refractivity contribution in [1.82, 2.24) is 0 Å². The van der Waals surface area contributed by atoms with Crippen molar-refractivity contribution in [2.75, 3.05) is 0 Å². The highest BCUT2D eigenvalue weighted by atomic mass is 16.3. The second kappa shape index (κ2) is 3.07. The van der Waals surface area contributed by atoms with Crippen LogP contribution in [0.2, 0.25) is 0 Å². The highest BCUT2D eigenvalue weighted by molar-refractivity contribution is 6.06. The van der Waals surface area contributed by atoms with E-state index in [1.807, 2.05) is 37.3 Å². The third-order valence-corrected chi connectivity index (χ3v) is 2.80. The van der Waals surface area contributed by atoms with Crippen LogP contribution >= 0.6 is 0 Å². The van der Waals surface area contributed by atoms with Crippen molar-refractivity contribution in [3.05, 3.63) is 46.9 Å². The average molecular weight is 209 g/mol. The lowest BCUT2D eigenvalue weighted by Gasteiger charge is -1.89. The Balaban J connectivity index is 2.52. The molecule has 3 aromatic rings. The van der Waals surface area contributed by atoms with E-state index in [1.54, 1.807) is 6.07 Å². The summed E-state index contributed by atoms with van der Waals surface area (Å²) in [4.78, 5) is 3.23. The molecule has 16 heavy (non-hydrogen) atoms. The van der Waals surface area contributed by atoms with E-state index in [9.17, 15) is 0 Å². The van der Waals surface area contributed by atoms with Crippen LogP contribution in [0.4, 0.5) is 5.69 Å². The summed E-state index contributed by atoms with van der Waals surface area (Å²) in [7, 11) is 0. The van der Waals surface area contributed by atoms with Crippen LogP contribution in [0.3, 0.4) is 0 Å². The van der Waals surface area contributed by atoms with Crippen LogP contribution in [-0.2, 0) is 0 Å². The third-order valence-electron chi connectivity index (χ3n) is 2.80. The second-order valence-corrected chi connectivity index (χ2v) is 3.83. The molecular formula is C13H9N2O+. The molecule has 1 aromatic heterocycles. The lowest BCUT2D eigenvalue weighted by molar-refractivity contribution is 0.669. The molecule has 0 fully saturated rings. The number of aryl methyl sites for hydroxylation is 1. The second-order valence-electron chi connectivity index (χ2n) is 3.83. The van der Waals surface area contributed by atoms with E-state index in [2.05, 4.69) is 4.98 Å². The lowest BCUT2D eigenvalue weighted by atomic mass is 10.1. The van der Waals surface area contributed by atoms with E-state index in [0.717, 1.165) is 27.5 Å². The van der Waals surface area contributed by atoms with Crippen molar-refractivity contribution in [2.45, 2.75) is 6.92 Å². The van der Waals surface area contributed by atoms with Gasteiger partial charge >= 0.3 is 5.69 Å². The normalized spacial score (nSPS) is 10.8. The van der Waals surface area contributed by atoms with Gasteiger partial charge in [-0.15, -0.1) is 0 Å². The van der Waals surface area contributed by atoms with Gasteiger partial charge in [0.15, 0.2) is 4.98 Å². The van der Waals surface area contributed by atoms with Crippen molar-refractivity contribution in [2.24, 2.45) is 0 Å². The van der Waals surface area contributed by atoms with E-state index < -0.39 is 0 Å². The van der Waals surface area contributed by atoms with Gasteiger partial charge in [0.05, 0.1) is 6.07 Å². The average Bonchev–Trinajstić information content (AvgIpc) is 2.66. The van der Waals surface area contributed by atoms with Crippen LogP contribution in [0.5, 0.6) is 0 Å². The molecule has 0 saturated carbocycles. The number of hydrogen-bond donors (Lipinski definition) is 0. The Kier molecular flexibility index (Phi) is 1.72. The Labute approximate surface area is 91.9 Å². The number of hydrogen-bond acceptors (Lipinski definition) is 2. The molecule has 3 rings (SSSR count). The molecule has 76 valence electrons. The van der Waals surface area contributed by atoms with Crippen LogP contribution in [0.25, 0.3) is 26.9 Å². The van der Waals surface area contributed by atoms with Crippen molar-refractivity contribution in [3.8, 4) is 0 Å². The smallest absolute Gasteiger partial charge is 0.391 e. The van der Waals surface area contributed by atoms with Crippen molar-refractivity contribution in [1.29, 1.82) is 5.39 Å². The minimum absolute atomic E-state index is 0.548.